The second kappa shape index (κ2) is 8.10. The van der Waals surface area contributed by atoms with Gasteiger partial charge < -0.3 is 15.2 Å². The van der Waals surface area contributed by atoms with Gasteiger partial charge in [-0.3, -0.25) is 4.79 Å². The van der Waals surface area contributed by atoms with Crippen LogP contribution in [0.2, 0.25) is 0 Å². The Balaban J connectivity index is 1.64. The summed E-state index contributed by atoms with van der Waals surface area (Å²) < 4.78 is 1.48. The number of fused-ring (bicyclic) bond motifs is 1. The third-order valence-corrected chi connectivity index (χ3v) is 4.94. The number of carbonyl (C=O) groups is 1. The lowest BCUT2D eigenvalue weighted by molar-refractivity contribution is 0.252. The van der Waals surface area contributed by atoms with Crippen LogP contribution >= 0.6 is 11.8 Å². The monoisotopic (exact) mass is 367 g/mol. The molecule has 5 nitrogen and oxygen atoms in total. The molecule has 0 unspecified atom stereocenters. The summed E-state index contributed by atoms with van der Waals surface area (Å²) in [5.41, 5.74) is 1.71. The van der Waals surface area contributed by atoms with Crippen molar-refractivity contribution in [3.63, 3.8) is 0 Å². The van der Waals surface area contributed by atoms with Crippen LogP contribution in [0.5, 0.6) is 0 Å². The molecule has 2 amide bonds. The second-order valence-electron chi connectivity index (χ2n) is 5.98. The van der Waals surface area contributed by atoms with Gasteiger partial charge in [0.25, 0.3) is 5.56 Å². The van der Waals surface area contributed by atoms with E-state index in [0.717, 1.165) is 11.8 Å². The number of nitrogens with one attached hydrogen (secondary N) is 2. The molecule has 0 atom stereocenters. The fraction of sp³-hybridized carbons (Fsp3) is 0.200. The van der Waals surface area contributed by atoms with E-state index in [9.17, 15) is 9.59 Å². The van der Waals surface area contributed by atoms with Crippen LogP contribution in [0.1, 0.15) is 5.56 Å². The molecule has 1 heterocycles. The van der Waals surface area contributed by atoms with Gasteiger partial charge in [-0.15, -0.1) is 11.8 Å². The Morgan fingerprint density at radius 2 is 1.77 bits per heavy atom. The average molecular weight is 367 g/mol. The maximum Gasteiger partial charge on any atom is 0.319 e. The standard InChI is InChI=1S/C20H21N3O2S/c1-23-13-18(16-5-3-4-6-17(16)19(23)24)22-20(25)21-12-11-14-7-9-15(26-2)10-8-14/h3-10,13H,11-12H2,1-2H3,(H2,21,22,25). The van der Waals surface area contributed by atoms with Crippen molar-refractivity contribution in [3.8, 4) is 0 Å². The molecule has 0 radical (unpaired) electrons. The highest BCUT2D eigenvalue weighted by Crippen LogP contribution is 2.20. The van der Waals surface area contributed by atoms with E-state index in [1.54, 1.807) is 31.1 Å². The highest BCUT2D eigenvalue weighted by atomic mass is 32.2. The number of thioether (sulfide) groups is 1. The third-order valence-electron chi connectivity index (χ3n) is 4.20. The first-order chi connectivity index (χ1) is 12.6. The summed E-state index contributed by atoms with van der Waals surface area (Å²) >= 11 is 1.71. The fourth-order valence-electron chi connectivity index (χ4n) is 2.79. The zero-order valence-electron chi connectivity index (χ0n) is 14.8. The quantitative estimate of drug-likeness (QED) is 0.677. The molecular weight excluding hydrogens is 346 g/mol. The fourth-order valence-corrected chi connectivity index (χ4v) is 3.20. The minimum absolute atomic E-state index is 0.0831. The molecule has 0 saturated heterocycles. The molecule has 2 aromatic carbocycles. The van der Waals surface area contributed by atoms with Crippen LogP contribution in [0.4, 0.5) is 10.5 Å². The van der Waals surface area contributed by atoms with Gasteiger partial charge in [0.15, 0.2) is 0 Å². The lowest BCUT2D eigenvalue weighted by Crippen LogP contribution is -2.31. The van der Waals surface area contributed by atoms with Crippen LogP contribution in [0.25, 0.3) is 10.8 Å². The van der Waals surface area contributed by atoms with E-state index in [0.29, 0.717) is 17.6 Å². The largest absolute Gasteiger partial charge is 0.338 e. The van der Waals surface area contributed by atoms with Crippen molar-refractivity contribution in [1.29, 1.82) is 0 Å². The van der Waals surface area contributed by atoms with Crippen LogP contribution < -0.4 is 16.2 Å². The number of aromatic nitrogens is 1. The van der Waals surface area contributed by atoms with E-state index >= 15 is 0 Å². The minimum Gasteiger partial charge on any atom is -0.338 e. The van der Waals surface area contributed by atoms with Crippen molar-refractivity contribution in [3.05, 3.63) is 70.6 Å². The lowest BCUT2D eigenvalue weighted by Gasteiger charge is -2.12. The van der Waals surface area contributed by atoms with Crippen LogP contribution in [0.3, 0.4) is 0 Å². The van der Waals surface area contributed by atoms with Gasteiger partial charge in [-0.2, -0.15) is 0 Å². The predicted octanol–water partition coefficient (Wildman–Crippen LogP) is 3.62. The Hall–Kier alpha value is -2.73. The summed E-state index contributed by atoms with van der Waals surface area (Å²) in [6.45, 7) is 0.536. The molecule has 134 valence electrons. The summed E-state index contributed by atoms with van der Waals surface area (Å²) in [4.78, 5) is 25.6. The predicted molar refractivity (Wildman–Crippen MR) is 108 cm³/mol. The van der Waals surface area contributed by atoms with E-state index in [-0.39, 0.29) is 11.6 Å². The highest BCUT2D eigenvalue weighted by molar-refractivity contribution is 7.98. The Labute approximate surface area is 156 Å². The van der Waals surface area contributed by atoms with Crippen molar-refractivity contribution in [2.45, 2.75) is 11.3 Å². The number of anilines is 1. The summed E-state index contributed by atoms with van der Waals surface area (Å²) in [6, 6.07) is 15.3. The first-order valence-corrected chi connectivity index (χ1v) is 9.57. The summed E-state index contributed by atoms with van der Waals surface area (Å²) in [5, 5.41) is 7.03. The molecule has 26 heavy (non-hydrogen) atoms. The van der Waals surface area contributed by atoms with E-state index in [2.05, 4.69) is 34.9 Å². The number of hydrogen-bond donors (Lipinski definition) is 2. The number of urea groups is 1. The van der Waals surface area contributed by atoms with E-state index in [1.165, 1.54) is 15.0 Å². The normalized spacial score (nSPS) is 10.7. The zero-order valence-corrected chi connectivity index (χ0v) is 15.6. The van der Waals surface area contributed by atoms with Crippen molar-refractivity contribution in [2.24, 2.45) is 7.05 Å². The van der Waals surface area contributed by atoms with Crippen LogP contribution in [-0.2, 0) is 13.5 Å². The molecule has 0 spiro atoms. The Morgan fingerprint density at radius 1 is 1.08 bits per heavy atom. The third kappa shape index (κ3) is 4.08. The Kier molecular flexibility index (Phi) is 5.63. The van der Waals surface area contributed by atoms with Gasteiger partial charge in [-0.1, -0.05) is 30.3 Å². The van der Waals surface area contributed by atoms with E-state index < -0.39 is 0 Å². The molecule has 3 aromatic rings. The number of nitrogens with zero attached hydrogens (tertiary/aromatic N) is 1. The SMILES string of the molecule is CSc1ccc(CCNC(=O)Nc2cn(C)c(=O)c3ccccc23)cc1. The summed E-state index contributed by atoms with van der Waals surface area (Å²) in [6.07, 6.45) is 4.45. The average Bonchev–Trinajstić information content (AvgIpc) is 2.66. The molecule has 2 N–H and O–H groups in total. The molecular formula is C20H21N3O2S. The molecule has 0 saturated carbocycles. The van der Waals surface area contributed by atoms with Crippen molar-refractivity contribution in [1.82, 2.24) is 9.88 Å². The number of rotatable bonds is 5. The van der Waals surface area contributed by atoms with Gasteiger partial charge in [0, 0.05) is 35.5 Å². The van der Waals surface area contributed by atoms with Gasteiger partial charge in [0.05, 0.1) is 5.69 Å². The number of benzene rings is 2. The smallest absolute Gasteiger partial charge is 0.319 e. The van der Waals surface area contributed by atoms with Crippen molar-refractivity contribution in [2.75, 3.05) is 18.1 Å². The number of amides is 2. The molecule has 0 aliphatic heterocycles. The lowest BCUT2D eigenvalue weighted by atomic mass is 10.1. The van der Waals surface area contributed by atoms with Crippen LogP contribution in [-0.4, -0.2) is 23.4 Å². The van der Waals surface area contributed by atoms with Crippen LogP contribution in [0.15, 0.2) is 64.4 Å². The number of pyridine rings is 1. The van der Waals surface area contributed by atoms with E-state index in [4.69, 9.17) is 0 Å². The number of aryl methyl sites for hydroxylation is 1. The molecule has 1 aromatic heterocycles. The second-order valence-corrected chi connectivity index (χ2v) is 6.86. The van der Waals surface area contributed by atoms with Gasteiger partial charge >= 0.3 is 6.03 Å². The molecule has 3 rings (SSSR count). The van der Waals surface area contributed by atoms with Crippen molar-refractivity contribution >= 4 is 34.3 Å². The molecule has 6 heteroatoms. The molecule has 0 aliphatic carbocycles. The Morgan fingerprint density at radius 3 is 2.46 bits per heavy atom. The topological polar surface area (TPSA) is 63.1 Å². The maximum atomic E-state index is 12.2. The first-order valence-electron chi connectivity index (χ1n) is 8.34. The molecule has 0 aliphatic rings. The molecule has 0 fully saturated rings. The van der Waals surface area contributed by atoms with Crippen LogP contribution in [0, 0.1) is 0 Å². The number of hydrogen-bond acceptors (Lipinski definition) is 3. The van der Waals surface area contributed by atoms with Gasteiger partial charge in [0.2, 0.25) is 0 Å². The minimum atomic E-state index is -0.283. The van der Waals surface area contributed by atoms with Gasteiger partial charge in [-0.25, -0.2) is 4.79 Å². The summed E-state index contributed by atoms with van der Waals surface area (Å²) in [5.74, 6) is 0. The van der Waals surface area contributed by atoms with Gasteiger partial charge in [0.1, 0.15) is 0 Å². The summed E-state index contributed by atoms with van der Waals surface area (Å²) in [7, 11) is 1.68. The first kappa shape index (κ1) is 18.1. The van der Waals surface area contributed by atoms with Crippen molar-refractivity contribution < 1.29 is 4.79 Å². The van der Waals surface area contributed by atoms with Gasteiger partial charge in [-0.05, 0) is 36.4 Å². The molecule has 0 bridgehead atoms. The van der Waals surface area contributed by atoms with E-state index in [1.807, 2.05) is 24.5 Å². The number of carbonyl (C=O) groups excluding carboxylic acids is 1. The maximum absolute atomic E-state index is 12.2. The zero-order chi connectivity index (χ0) is 18.5. The highest BCUT2D eigenvalue weighted by Gasteiger charge is 2.09. The Bertz CT molecular complexity index is 981.